The lowest BCUT2D eigenvalue weighted by Crippen LogP contribution is -2.29. The van der Waals surface area contributed by atoms with E-state index in [2.05, 4.69) is 13.8 Å². The van der Waals surface area contributed by atoms with Crippen molar-refractivity contribution in [3.05, 3.63) is 0 Å². The molecule has 0 radical (unpaired) electrons. The Labute approximate surface area is 358 Å². The number of unbranched alkanes of at least 4 members (excludes halogenated alkanes) is 35. The Morgan fingerprint density at radius 1 is 0.448 bits per heavy atom. The van der Waals surface area contributed by atoms with Crippen LogP contribution in [0.3, 0.4) is 0 Å². The first-order valence-electron chi connectivity index (χ1n) is 25.0. The van der Waals surface area contributed by atoms with Crippen LogP contribution in [-0.4, -0.2) is 49.3 Å². The third-order valence-electron chi connectivity index (χ3n) is 11.2. The Morgan fingerprint density at radius 2 is 0.741 bits per heavy atom. The number of rotatable bonds is 48. The Balaban J connectivity index is 3.79. The zero-order valence-corrected chi connectivity index (χ0v) is 39.2. The van der Waals surface area contributed by atoms with Gasteiger partial charge in [-0.05, 0) is 12.8 Å². The van der Waals surface area contributed by atoms with Crippen molar-refractivity contribution in [1.29, 1.82) is 0 Å². The van der Waals surface area contributed by atoms with Gasteiger partial charge in [-0.15, -0.1) is 0 Å². The average Bonchev–Trinajstić information content (AvgIpc) is 3.21. The number of ether oxygens (including phenoxy) is 2. The van der Waals surface area contributed by atoms with Gasteiger partial charge in [-0.25, -0.2) is 4.57 Å². The smallest absolute Gasteiger partial charge is 0.462 e. The van der Waals surface area contributed by atoms with E-state index in [4.69, 9.17) is 24.3 Å². The van der Waals surface area contributed by atoms with Crippen LogP contribution in [0.15, 0.2) is 0 Å². The average molecular weight is 846 g/mol. The number of hydrogen-bond donors (Lipinski definition) is 2. The summed E-state index contributed by atoms with van der Waals surface area (Å²) in [5, 5.41) is 0. The monoisotopic (exact) mass is 846 g/mol. The van der Waals surface area contributed by atoms with Crippen molar-refractivity contribution in [3.63, 3.8) is 0 Å². The Bertz CT molecular complexity index is 922. The fourth-order valence-corrected chi connectivity index (χ4v) is 8.29. The Kier molecular flexibility index (Phi) is 44.8. The summed E-state index contributed by atoms with van der Waals surface area (Å²) in [6.07, 6.45) is 47.6. The van der Waals surface area contributed by atoms with E-state index in [1.807, 2.05) is 0 Å². The highest BCUT2D eigenvalue weighted by atomic mass is 31.2. The number of phosphoric ester groups is 1. The van der Waals surface area contributed by atoms with Crippen LogP contribution in [0, 0.1) is 0 Å². The maximum atomic E-state index is 12.6. The SMILES string of the molecule is CCCCCCCCCCCCCCCCCCCCCCCCCCCCCCCC(=O)OC(COC(=O)CCCCCCCCCC)COP(=O)(O)OCCN. The molecule has 0 rings (SSSR count). The molecule has 0 fully saturated rings. The number of phosphoric acid groups is 1. The molecule has 346 valence electrons. The summed E-state index contributed by atoms with van der Waals surface area (Å²) in [7, 11) is -4.37. The van der Waals surface area contributed by atoms with Crippen LogP contribution < -0.4 is 5.73 Å². The van der Waals surface area contributed by atoms with Gasteiger partial charge in [0, 0.05) is 19.4 Å². The standard InChI is InChI=1S/C48H96NO8P/c1-3-5-7-9-11-13-14-15-16-17-18-19-20-21-22-23-24-25-26-27-28-29-30-31-32-33-35-37-39-41-48(51)57-46(45-56-58(52,53)55-43-42-49)44-54-47(50)40-38-36-34-12-10-8-6-4-2/h46H,3-45,49H2,1-2H3,(H,52,53). The van der Waals surface area contributed by atoms with Crippen molar-refractivity contribution >= 4 is 19.8 Å². The van der Waals surface area contributed by atoms with Gasteiger partial charge in [0.25, 0.3) is 0 Å². The summed E-state index contributed by atoms with van der Waals surface area (Å²) in [6.45, 7) is 3.75. The second-order valence-corrected chi connectivity index (χ2v) is 18.5. The predicted molar refractivity (Wildman–Crippen MR) is 243 cm³/mol. The van der Waals surface area contributed by atoms with Crippen molar-refractivity contribution in [2.24, 2.45) is 5.73 Å². The van der Waals surface area contributed by atoms with Gasteiger partial charge in [0.15, 0.2) is 6.10 Å². The lowest BCUT2D eigenvalue weighted by Gasteiger charge is -2.19. The highest BCUT2D eigenvalue weighted by Crippen LogP contribution is 2.43. The van der Waals surface area contributed by atoms with E-state index in [9.17, 15) is 19.0 Å². The van der Waals surface area contributed by atoms with Crippen LogP contribution in [0.4, 0.5) is 0 Å². The first-order valence-corrected chi connectivity index (χ1v) is 26.5. The third-order valence-corrected chi connectivity index (χ3v) is 12.2. The van der Waals surface area contributed by atoms with Crippen molar-refractivity contribution < 1.29 is 37.6 Å². The van der Waals surface area contributed by atoms with Crippen LogP contribution in [0.5, 0.6) is 0 Å². The molecule has 0 saturated heterocycles. The number of carbonyl (C=O) groups excluding carboxylic acids is 2. The van der Waals surface area contributed by atoms with Crippen molar-refractivity contribution in [3.8, 4) is 0 Å². The molecule has 0 spiro atoms. The maximum absolute atomic E-state index is 12.6. The summed E-state index contributed by atoms with van der Waals surface area (Å²) in [5.74, 6) is -0.817. The summed E-state index contributed by atoms with van der Waals surface area (Å²) in [6, 6.07) is 0. The molecule has 0 aliphatic heterocycles. The molecule has 2 unspecified atom stereocenters. The zero-order valence-electron chi connectivity index (χ0n) is 38.3. The molecular formula is C48H96NO8P. The molecule has 0 bridgehead atoms. The minimum atomic E-state index is -4.37. The van der Waals surface area contributed by atoms with Crippen LogP contribution in [-0.2, 0) is 32.7 Å². The molecule has 3 N–H and O–H groups in total. The minimum Gasteiger partial charge on any atom is -0.462 e. The highest BCUT2D eigenvalue weighted by Gasteiger charge is 2.26. The van der Waals surface area contributed by atoms with E-state index in [1.165, 1.54) is 199 Å². The molecule has 2 atom stereocenters. The van der Waals surface area contributed by atoms with Gasteiger partial charge in [-0.1, -0.05) is 239 Å². The third kappa shape index (κ3) is 44.6. The largest absolute Gasteiger partial charge is 0.472 e. The normalized spacial score (nSPS) is 13.1. The van der Waals surface area contributed by atoms with Crippen LogP contribution in [0.2, 0.25) is 0 Å². The number of carbonyl (C=O) groups is 2. The highest BCUT2D eigenvalue weighted by molar-refractivity contribution is 7.47. The second-order valence-electron chi connectivity index (χ2n) is 17.1. The van der Waals surface area contributed by atoms with Gasteiger partial charge in [-0.2, -0.15) is 0 Å². The molecule has 9 nitrogen and oxygen atoms in total. The molecule has 0 saturated carbocycles. The van der Waals surface area contributed by atoms with Gasteiger partial charge in [0.2, 0.25) is 0 Å². The van der Waals surface area contributed by atoms with E-state index in [1.54, 1.807) is 0 Å². The Morgan fingerprint density at radius 3 is 1.05 bits per heavy atom. The lowest BCUT2D eigenvalue weighted by molar-refractivity contribution is -0.161. The van der Waals surface area contributed by atoms with Crippen LogP contribution in [0.1, 0.15) is 264 Å². The minimum absolute atomic E-state index is 0.0579. The molecule has 0 aliphatic carbocycles. The quantitative estimate of drug-likeness (QED) is 0.0349. The van der Waals surface area contributed by atoms with Crippen LogP contribution in [0.25, 0.3) is 0 Å². The van der Waals surface area contributed by atoms with E-state index in [-0.39, 0.29) is 38.6 Å². The van der Waals surface area contributed by atoms with E-state index < -0.39 is 26.5 Å². The second kappa shape index (κ2) is 45.5. The van der Waals surface area contributed by atoms with Crippen molar-refractivity contribution in [1.82, 2.24) is 0 Å². The summed E-state index contributed by atoms with van der Waals surface area (Å²) < 4.78 is 32.7. The van der Waals surface area contributed by atoms with Gasteiger partial charge < -0.3 is 20.1 Å². The predicted octanol–water partition coefficient (Wildman–Crippen LogP) is 14.8. The number of esters is 2. The molecule has 0 aromatic carbocycles. The molecule has 0 aliphatic rings. The lowest BCUT2D eigenvalue weighted by atomic mass is 10.0. The fraction of sp³-hybridized carbons (Fsp3) is 0.958. The molecule has 0 aromatic rings. The van der Waals surface area contributed by atoms with E-state index in [0.717, 1.165) is 32.1 Å². The Hall–Kier alpha value is -0.990. The summed E-state index contributed by atoms with van der Waals surface area (Å²) in [4.78, 5) is 34.8. The first kappa shape index (κ1) is 57.0. The maximum Gasteiger partial charge on any atom is 0.472 e. The van der Waals surface area contributed by atoms with Gasteiger partial charge in [-0.3, -0.25) is 18.6 Å². The molecular weight excluding hydrogens is 750 g/mol. The molecule has 0 amide bonds. The molecule has 0 heterocycles. The number of hydrogen-bond acceptors (Lipinski definition) is 8. The van der Waals surface area contributed by atoms with Gasteiger partial charge in [0.1, 0.15) is 6.61 Å². The fourth-order valence-electron chi connectivity index (χ4n) is 7.52. The topological polar surface area (TPSA) is 134 Å². The van der Waals surface area contributed by atoms with Crippen LogP contribution >= 0.6 is 7.82 Å². The van der Waals surface area contributed by atoms with Gasteiger partial charge in [0.05, 0.1) is 13.2 Å². The van der Waals surface area contributed by atoms with Gasteiger partial charge >= 0.3 is 19.8 Å². The summed E-state index contributed by atoms with van der Waals surface area (Å²) >= 11 is 0. The van der Waals surface area contributed by atoms with E-state index >= 15 is 0 Å². The molecule has 58 heavy (non-hydrogen) atoms. The van der Waals surface area contributed by atoms with Crippen molar-refractivity contribution in [2.45, 2.75) is 270 Å². The summed E-state index contributed by atoms with van der Waals surface area (Å²) in [5.41, 5.74) is 5.35. The molecule has 0 aromatic heterocycles. The first-order chi connectivity index (χ1) is 28.3. The zero-order chi connectivity index (χ0) is 42.5. The van der Waals surface area contributed by atoms with Crippen molar-refractivity contribution in [2.75, 3.05) is 26.4 Å². The number of nitrogens with two attached hydrogens (primary N) is 1. The molecule has 10 heteroatoms. The van der Waals surface area contributed by atoms with E-state index in [0.29, 0.717) is 6.42 Å².